The standard InChI is InChI=1S/C16H27NO4/c1-16(2,3)21-15(19)17-10-14(18)20-11-13(17)9-12-7-5-4-6-8-12/h12-13H,4-11H2,1-3H3/t13-/m0/s1. The molecule has 0 N–H and O–H groups in total. The first-order chi connectivity index (χ1) is 9.85. The maximum atomic E-state index is 12.3. The van der Waals surface area contributed by atoms with Crippen LogP contribution >= 0.6 is 0 Å². The summed E-state index contributed by atoms with van der Waals surface area (Å²) in [4.78, 5) is 25.4. The maximum absolute atomic E-state index is 12.3. The number of ether oxygens (including phenoxy) is 2. The van der Waals surface area contributed by atoms with E-state index < -0.39 is 11.7 Å². The lowest BCUT2D eigenvalue weighted by molar-refractivity contribution is -0.154. The van der Waals surface area contributed by atoms with Crippen LogP contribution in [-0.4, -0.2) is 41.8 Å². The van der Waals surface area contributed by atoms with Crippen molar-refractivity contribution in [2.45, 2.75) is 70.9 Å². The van der Waals surface area contributed by atoms with Crippen molar-refractivity contribution in [3.8, 4) is 0 Å². The number of hydrogen-bond acceptors (Lipinski definition) is 4. The van der Waals surface area contributed by atoms with Crippen LogP contribution in [0, 0.1) is 5.92 Å². The van der Waals surface area contributed by atoms with E-state index >= 15 is 0 Å². The number of cyclic esters (lactones) is 1. The fourth-order valence-corrected chi connectivity index (χ4v) is 3.13. The third-order valence-electron chi connectivity index (χ3n) is 4.14. The molecule has 2 fully saturated rings. The molecule has 0 aromatic carbocycles. The molecule has 5 nitrogen and oxygen atoms in total. The molecule has 0 spiro atoms. The first-order valence-corrected chi connectivity index (χ1v) is 8.00. The van der Waals surface area contributed by atoms with Gasteiger partial charge in [0.05, 0.1) is 6.04 Å². The summed E-state index contributed by atoms with van der Waals surface area (Å²) < 4.78 is 10.6. The van der Waals surface area contributed by atoms with Gasteiger partial charge in [0, 0.05) is 0 Å². The Bertz CT molecular complexity index is 382. The number of hydrogen-bond donors (Lipinski definition) is 0. The van der Waals surface area contributed by atoms with E-state index in [4.69, 9.17) is 9.47 Å². The number of amides is 1. The van der Waals surface area contributed by atoms with Crippen LogP contribution < -0.4 is 0 Å². The molecule has 1 atom stereocenters. The van der Waals surface area contributed by atoms with Gasteiger partial charge < -0.3 is 9.47 Å². The summed E-state index contributed by atoms with van der Waals surface area (Å²) in [6.07, 6.45) is 6.78. The van der Waals surface area contributed by atoms with Crippen molar-refractivity contribution in [2.75, 3.05) is 13.2 Å². The Hall–Kier alpha value is -1.26. The maximum Gasteiger partial charge on any atom is 0.411 e. The van der Waals surface area contributed by atoms with Crippen LogP contribution in [0.25, 0.3) is 0 Å². The van der Waals surface area contributed by atoms with Gasteiger partial charge >= 0.3 is 12.1 Å². The van der Waals surface area contributed by atoms with Gasteiger partial charge in [0.2, 0.25) is 0 Å². The van der Waals surface area contributed by atoms with Crippen molar-refractivity contribution in [3.05, 3.63) is 0 Å². The molecule has 1 heterocycles. The first-order valence-electron chi connectivity index (χ1n) is 8.00. The fraction of sp³-hybridized carbons (Fsp3) is 0.875. The van der Waals surface area contributed by atoms with E-state index in [9.17, 15) is 9.59 Å². The fourth-order valence-electron chi connectivity index (χ4n) is 3.13. The highest BCUT2D eigenvalue weighted by Gasteiger charge is 2.36. The molecule has 0 aromatic heterocycles. The van der Waals surface area contributed by atoms with Crippen molar-refractivity contribution in [1.82, 2.24) is 4.90 Å². The van der Waals surface area contributed by atoms with E-state index in [0.717, 1.165) is 6.42 Å². The molecule has 1 aliphatic heterocycles. The highest BCUT2D eigenvalue weighted by Crippen LogP contribution is 2.30. The van der Waals surface area contributed by atoms with Gasteiger partial charge in [-0.3, -0.25) is 9.69 Å². The zero-order valence-electron chi connectivity index (χ0n) is 13.4. The zero-order valence-corrected chi connectivity index (χ0v) is 13.4. The van der Waals surface area contributed by atoms with Crippen LogP contribution in [0.5, 0.6) is 0 Å². The van der Waals surface area contributed by atoms with Gasteiger partial charge in [-0.2, -0.15) is 0 Å². The quantitative estimate of drug-likeness (QED) is 0.735. The van der Waals surface area contributed by atoms with Crippen LogP contribution in [0.4, 0.5) is 4.79 Å². The second-order valence-electron chi connectivity index (χ2n) is 7.18. The molecule has 1 saturated heterocycles. The molecule has 0 bridgehead atoms. The summed E-state index contributed by atoms with van der Waals surface area (Å²) in [6.45, 7) is 5.82. The molecule has 1 amide bonds. The van der Waals surface area contributed by atoms with Gasteiger partial charge in [-0.1, -0.05) is 32.1 Å². The molecule has 21 heavy (non-hydrogen) atoms. The Kier molecular flexibility index (Phi) is 5.12. The molecule has 120 valence electrons. The summed E-state index contributed by atoms with van der Waals surface area (Å²) in [6, 6.07) is -0.0411. The van der Waals surface area contributed by atoms with E-state index in [0.29, 0.717) is 12.5 Å². The number of carbonyl (C=O) groups excluding carboxylic acids is 2. The van der Waals surface area contributed by atoms with Gasteiger partial charge in [0.1, 0.15) is 18.8 Å². The predicted molar refractivity (Wildman–Crippen MR) is 78.9 cm³/mol. The summed E-state index contributed by atoms with van der Waals surface area (Å²) in [5, 5.41) is 0. The molecule has 1 aliphatic carbocycles. The van der Waals surface area contributed by atoms with E-state index in [1.54, 1.807) is 4.90 Å². The first kappa shape index (κ1) is 16.1. The number of esters is 1. The number of carbonyl (C=O) groups is 2. The molecule has 0 radical (unpaired) electrons. The normalized spacial score (nSPS) is 24.6. The smallest absolute Gasteiger partial charge is 0.411 e. The number of morpholine rings is 1. The van der Waals surface area contributed by atoms with E-state index in [-0.39, 0.29) is 18.6 Å². The molecule has 2 rings (SSSR count). The summed E-state index contributed by atoms with van der Waals surface area (Å²) in [5.41, 5.74) is -0.548. The summed E-state index contributed by atoms with van der Waals surface area (Å²) >= 11 is 0. The van der Waals surface area contributed by atoms with Gasteiger partial charge in [0.25, 0.3) is 0 Å². The van der Waals surface area contributed by atoms with Gasteiger partial charge in [-0.25, -0.2) is 4.79 Å². The number of nitrogens with zero attached hydrogens (tertiary/aromatic N) is 1. The van der Waals surface area contributed by atoms with Crippen LogP contribution in [0.3, 0.4) is 0 Å². The lowest BCUT2D eigenvalue weighted by Gasteiger charge is -2.37. The predicted octanol–water partition coefficient (Wildman–Crippen LogP) is 3.12. The molecule has 5 heteroatoms. The van der Waals surface area contributed by atoms with Gasteiger partial charge in [0.15, 0.2) is 0 Å². The average Bonchev–Trinajstić information content (AvgIpc) is 2.40. The summed E-state index contributed by atoms with van der Waals surface area (Å²) in [7, 11) is 0. The highest BCUT2D eigenvalue weighted by atomic mass is 16.6. The van der Waals surface area contributed by atoms with Crippen LogP contribution in [0.1, 0.15) is 59.3 Å². The lowest BCUT2D eigenvalue weighted by atomic mass is 9.84. The van der Waals surface area contributed by atoms with E-state index in [1.807, 2.05) is 20.8 Å². The number of rotatable bonds is 2. The minimum absolute atomic E-state index is 0.00625. The van der Waals surface area contributed by atoms with Crippen LogP contribution in [-0.2, 0) is 14.3 Å². The van der Waals surface area contributed by atoms with Crippen molar-refractivity contribution in [3.63, 3.8) is 0 Å². The van der Waals surface area contributed by atoms with Gasteiger partial charge in [-0.05, 0) is 33.1 Å². The monoisotopic (exact) mass is 297 g/mol. The Morgan fingerprint density at radius 3 is 2.57 bits per heavy atom. The second-order valence-corrected chi connectivity index (χ2v) is 7.18. The zero-order chi connectivity index (χ0) is 15.5. The van der Waals surface area contributed by atoms with E-state index in [2.05, 4.69) is 0 Å². The Morgan fingerprint density at radius 2 is 1.95 bits per heavy atom. The topological polar surface area (TPSA) is 55.8 Å². The highest BCUT2D eigenvalue weighted by molar-refractivity contribution is 5.79. The van der Waals surface area contributed by atoms with Crippen molar-refractivity contribution >= 4 is 12.1 Å². The van der Waals surface area contributed by atoms with E-state index in [1.165, 1.54) is 32.1 Å². The van der Waals surface area contributed by atoms with Crippen LogP contribution in [0.15, 0.2) is 0 Å². The van der Waals surface area contributed by atoms with Crippen molar-refractivity contribution in [2.24, 2.45) is 5.92 Å². The Labute approximate surface area is 127 Å². The Balaban J connectivity index is 1.98. The van der Waals surface area contributed by atoms with Gasteiger partial charge in [-0.15, -0.1) is 0 Å². The molecular formula is C16H27NO4. The average molecular weight is 297 g/mol. The largest absolute Gasteiger partial charge is 0.462 e. The molecule has 0 aromatic rings. The minimum Gasteiger partial charge on any atom is -0.462 e. The third kappa shape index (κ3) is 4.90. The third-order valence-corrected chi connectivity index (χ3v) is 4.14. The van der Waals surface area contributed by atoms with Crippen molar-refractivity contribution in [1.29, 1.82) is 0 Å². The summed E-state index contributed by atoms with van der Waals surface area (Å²) in [5.74, 6) is 0.284. The minimum atomic E-state index is -0.548. The molecular weight excluding hydrogens is 270 g/mol. The van der Waals surface area contributed by atoms with Crippen LogP contribution in [0.2, 0.25) is 0 Å². The molecule has 0 unspecified atom stereocenters. The second kappa shape index (κ2) is 6.67. The molecule has 1 saturated carbocycles. The van der Waals surface area contributed by atoms with Crippen molar-refractivity contribution < 1.29 is 19.1 Å². The molecule has 2 aliphatic rings. The lowest BCUT2D eigenvalue weighted by Crippen LogP contribution is -2.52. The SMILES string of the molecule is CC(C)(C)OC(=O)N1CC(=O)OC[C@@H]1CC1CCCCC1. The Morgan fingerprint density at radius 1 is 1.29 bits per heavy atom.